The molecule has 0 saturated carbocycles. The van der Waals surface area contributed by atoms with Gasteiger partial charge in [-0.3, -0.25) is 14.5 Å². The van der Waals surface area contributed by atoms with Gasteiger partial charge in [-0.25, -0.2) is 4.39 Å². The van der Waals surface area contributed by atoms with E-state index in [1.807, 2.05) is 73.5 Å². The predicted molar refractivity (Wildman–Crippen MR) is 129 cm³/mol. The molecule has 0 unspecified atom stereocenters. The van der Waals surface area contributed by atoms with Gasteiger partial charge in [0.1, 0.15) is 17.3 Å². The summed E-state index contributed by atoms with van der Waals surface area (Å²) in [6.45, 7) is 3.19. The Morgan fingerprint density at radius 3 is 2.18 bits per heavy atom. The SMILES string of the molecule is CCCOc1ccc(C2=C(N(C)Cc3ccccc3)C(=O)N(Cc3ccc(F)cc3)C2=O)cc1. The van der Waals surface area contributed by atoms with Crippen LogP contribution in [0.5, 0.6) is 5.75 Å². The summed E-state index contributed by atoms with van der Waals surface area (Å²) in [6, 6.07) is 22.8. The molecule has 0 saturated heterocycles. The zero-order valence-electron chi connectivity index (χ0n) is 19.3. The minimum Gasteiger partial charge on any atom is -0.494 e. The summed E-state index contributed by atoms with van der Waals surface area (Å²) in [5.74, 6) is -0.388. The highest BCUT2D eigenvalue weighted by molar-refractivity contribution is 6.35. The molecule has 2 amide bonds. The molecule has 4 rings (SSSR count). The van der Waals surface area contributed by atoms with E-state index in [-0.39, 0.29) is 24.2 Å². The van der Waals surface area contributed by atoms with Gasteiger partial charge in [0, 0.05) is 13.6 Å². The molecule has 5 nitrogen and oxygen atoms in total. The van der Waals surface area contributed by atoms with Gasteiger partial charge < -0.3 is 9.64 Å². The highest BCUT2D eigenvalue weighted by atomic mass is 19.1. The van der Waals surface area contributed by atoms with Crippen molar-refractivity contribution in [2.75, 3.05) is 13.7 Å². The minimum absolute atomic E-state index is 0.0712. The normalized spacial score (nSPS) is 13.6. The maximum Gasteiger partial charge on any atom is 0.278 e. The van der Waals surface area contributed by atoms with Crippen LogP contribution in [0, 0.1) is 5.82 Å². The summed E-state index contributed by atoms with van der Waals surface area (Å²) >= 11 is 0. The van der Waals surface area contributed by atoms with Crippen molar-refractivity contribution in [3.05, 3.63) is 107 Å². The van der Waals surface area contributed by atoms with Crippen LogP contribution in [-0.2, 0) is 22.7 Å². The molecule has 34 heavy (non-hydrogen) atoms. The van der Waals surface area contributed by atoms with Crippen LogP contribution < -0.4 is 4.74 Å². The molecule has 6 heteroatoms. The topological polar surface area (TPSA) is 49.9 Å². The molecule has 174 valence electrons. The number of likely N-dealkylation sites (N-methyl/N-ethyl adjacent to an activating group) is 1. The molecule has 0 fully saturated rings. The summed E-state index contributed by atoms with van der Waals surface area (Å²) in [5.41, 5.74) is 3.06. The molecule has 0 N–H and O–H groups in total. The Labute approximate surface area is 199 Å². The van der Waals surface area contributed by atoms with Crippen LogP contribution in [0.15, 0.2) is 84.6 Å². The molecule has 1 aliphatic rings. The zero-order chi connectivity index (χ0) is 24.1. The fraction of sp³-hybridized carbons (Fsp3) is 0.214. The lowest BCUT2D eigenvalue weighted by Gasteiger charge is -2.21. The molecule has 0 bridgehead atoms. The lowest BCUT2D eigenvalue weighted by Crippen LogP contribution is -2.33. The van der Waals surface area contributed by atoms with Gasteiger partial charge in [-0.1, -0.05) is 61.5 Å². The Bertz CT molecular complexity index is 1190. The van der Waals surface area contributed by atoms with Crippen molar-refractivity contribution in [2.45, 2.75) is 26.4 Å². The van der Waals surface area contributed by atoms with Crippen LogP contribution >= 0.6 is 0 Å². The van der Waals surface area contributed by atoms with E-state index in [2.05, 4.69) is 0 Å². The molecule has 0 aromatic heterocycles. The first-order chi connectivity index (χ1) is 16.5. The second-order valence-electron chi connectivity index (χ2n) is 8.26. The van der Waals surface area contributed by atoms with Gasteiger partial charge in [-0.2, -0.15) is 0 Å². The van der Waals surface area contributed by atoms with Gasteiger partial charge in [0.25, 0.3) is 11.8 Å². The molecule has 1 heterocycles. The number of halogens is 1. The number of imide groups is 1. The fourth-order valence-electron chi connectivity index (χ4n) is 3.97. The van der Waals surface area contributed by atoms with E-state index in [0.29, 0.717) is 41.3 Å². The quantitative estimate of drug-likeness (QED) is 0.422. The summed E-state index contributed by atoms with van der Waals surface area (Å²) in [6.07, 6.45) is 0.896. The molecule has 0 radical (unpaired) electrons. The number of hydrogen-bond donors (Lipinski definition) is 0. The standard InChI is InChI=1S/C28H27FN2O3/c1-3-17-34-24-15-11-22(12-16-24)25-26(30(2)18-20-7-5-4-6-8-20)28(33)31(27(25)32)19-21-9-13-23(29)14-10-21/h4-16H,3,17-19H2,1-2H3. The van der Waals surface area contributed by atoms with Crippen LogP contribution in [0.1, 0.15) is 30.0 Å². The van der Waals surface area contributed by atoms with Crippen LogP contribution in [0.2, 0.25) is 0 Å². The van der Waals surface area contributed by atoms with Crippen molar-refractivity contribution >= 4 is 17.4 Å². The van der Waals surface area contributed by atoms with Gasteiger partial charge in [0.05, 0.1) is 18.7 Å². The van der Waals surface area contributed by atoms with Gasteiger partial charge in [0.2, 0.25) is 0 Å². The summed E-state index contributed by atoms with van der Waals surface area (Å²) in [4.78, 5) is 30.1. The number of amides is 2. The van der Waals surface area contributed by atoms with Gasteiger partial charge in [0.15, 0.2) is 0 Å². The van der Waals surface area contributed by atoms with E-state index in [4.69, 9.17) is 4.74 Å². The van der Waals surface area contributed by atoms with E-state index < -0.39 is 0 Å². The van der Waals surface area contributed by atoms with Gasteiger partial charge >= 0.3 is 0 Å². The molecule has 0 spiro atoms. The number of carbonyl (C=O) groups excluding carboxylic acids is 2. The first kappa shape index (κ1) is 23.2. The zero-order valence-corrected chi connectivity index (χ0v) is 19.3. The van der Waals surface area contributed by atoms with Crippen LogP contribution in [-0.4, -0.2) is 35.3 Å². The Morgan fingerprint density at radius 2 is 1.53 bits per heavy atom. The van der Waals surface area contributed by atoms with Crippen molar-refractivity contribution < 1.29 is 18.7 Å². The van der Waals surface area contributed by atoms with Crippen molar-refractivity contribution in [1.82, 2.24) is 9.80 Å². The second-order valence-corrected chi connectivity index (χ2v) is 8.26. The molecule has 3 aromatic carbocycles. The van der Waals surface area contributed by atoms with Crippen LogP contribution in [0.4, 0.5) is 4.39 Å². The average Bonchev–Trinajstić information content (AvgIpc) is 3.10. The highest BCUT2D eigenvalue weighted by Gasteiger charge is 2.40. The molecular formula is C28H27FN2O3. The van der Waals surface area contributed by atoms with Crippen molar-refractivity contribution in [3.8, 4) is 5.75 Å². The van der Waals surface area contributed by atoms with Crippen molar-refractivity contribution in [2.24, 2.45) is 0 Å². The summed E-state index contributed by atoms with van der Waals surface area (Å²) < 4.78 is 19.0. The van der Waals surface area contributed by atoms with E-state index in [0.717, 1.165) is 12.0 Å². The second kappa shape index (κ2) is 10.3. The third-order valence-corrected chi connectivity index (χ3v) is 5.66. The molecular weight excluding hydrogens is 431 g/mol. The third-order valence-electron chi connectivity index (χ3n) is 5.66. The number of benzene rings is 3. The Morgan fingerprint density at radius 1 is 0.853 bits per heavy atom. The molecule has 0 atom stereocenters. The summed E-state index contributed by atoms with van der Waals surface area (Å²) in [5, 5.41) is 0. The summed E-state index contributed by atoms with van der Waals surface area (Å²) in [7, 11) is 1.81. The maximum atomic E-state index is 13.5. The van der Waals surface area contributed by atoms with Crippen molar-refractivity contribution in [1.29, 1.82) is 0 Å². The van der Waals surface area contributed by atoms with E-state index in [1.165, 1.54) is 17.0 Å². The predicted octanol–water partition coefficient (Wildman–Crippen LogP) is 5.03. The van der Waals surface area contributed by atoms with Gasteiger partial charge in [-0.15, -0.1) is 0 Å². The number of ether oxygens (including phenoxy) is 1. The maximum absolute atomic E-state index is 13.5. The van der Waals surface area contributed by atoms with Crippen molar-refractivity contribution in [3.63, 3.8) is 0 Å². The molecule has 3 aromatic rings. The first-order valence-corrected chi connectivity index (χ1v) is 11.3. The van der Waals surface area contributed by atoms with Crippen LogP contribution in [0.25, 0.3) is 5.57 Å². The Hall–Kier alpha value is -3.93. The first-order valence-electron chi connectivity index (χ1n) is 11.3. The lowest BCUT2D eigenvalue weighted by molar-refractivity contribution is -0.138. The third kappa shape index (κ3) is 5.01. The average molecular weight is 459 g/mol. The van der Waals surface area contributed by atoms with Crippen LogP contribution in [0.3, 0.4) is 0 Å². The Balaban J connectivity index is 1.68. The lowest BCUT2D eigenvalue weighted by atomic mass is 10.0. The Kier molecular flexibility index (Phi) is 7.07. The number of nitrogens with zero attached hydrogens (tertiary/aromatic N) is 2. The number of rotatable bonds is 9. The van der Waals surface area contributed by atoms with E-state index in [1.54, 1.807) is 12.1 Å². The van der Waals surface area contributed by atoms with E-state index in [9.17, 15) is 14.0 Å². The van der Waals surface area contributed by atoms with E-state index >= 15 is 0 Å². The molecule has 0 aliphatic carbocycles. The largest absolute Gasteiger partial charge is 0.494 e. The fourth-order valence-corrected chi connectivity index (χ4v) is 3.97. The number of carbonyl (C=O) groups is 2. The monoisotopic (exact) mass is 458 g/mol. The highest BCUT2D eigenvalue weighted by Crippen LogP contribution is 2.33. The number of hydrogen-bond acceptors (Lipinski definition) is 4. The smallest absolute Gasteiger partial charge is 0.278 e. The molecule has 1 aliphatic heterocycles. The minimum atomic E-state index is -0.369. The van der Waals surface area contributed by atoms with Gasteiger partial charge in [-0.05, 0) is 47.4 Å².